The van der Waals surface area contributed by atoms with Gasteiger partial charge >= 0.3 is 5.97 Å². The molecule has 8 nitrogen and oxygen atoms in total. The fourth-order valence-corrected chi connectivity index (χ4v) is 5.12. The van der Waals surface area contributed by atoms with Gasteiger partial charge in [-0.1, -0.05) is 42.5 Å². The molecule has 0 bridgehead atoms. The van der Waals surface area contributed by atoms with Gasteiger partial charge in [-0.05, 0) is 72.4 Å². The molecular weight excluding hydrogens is 494 g/mol. The Morgan fingerprint density at radius 2 is 1.77 bits per heavy atom. The Morgan fingerprint density at radius 1 is 0.923 bits per heavy atom. The van der Waals surface area contributed by atoms with Gasteiger partial charge in [-0.2, -0.15) is 0 Å². The van der Waals surface area contributed by atoms with E-state index in [1.165, 1.54) is 0 Å². The summed E-state index contributed by atoms with van der Waals surface area (Å²) >= 11 is 0. The zero-order chi connectivity index (χ0) is 26.2. The summed E-state index contributed by atoms with van der Waals surface area (Å²) in [5.41, 5.74) is 5.87. The van der Waals surface area contributed by atoms with Crippen molar-refractivity contribution in [3.8, 4) is 23.0 Å². The average Bonchev–Trinajstić information content (AvgIpc) is 3.65. The second-order valence-corrected chi connectivity index (χ2v) is 9.41. The normalized spacial score (nSPS) is 14.9. The van der Waals surface area contributed by atoms with E-state index in [9.17, 15) is 4.79 Å². The van der Waals surface area contributed by atoms with E-state index in [0.717, 1.165) is 69.6 Å². The maximum atomic E-state index is 13.6. The molecule has 0 unspecified atom stereocenters. The minimum Gasteiger partial charge on any atom is -0.454 e. The van der Waals surface area contributed by atoms with Gasteiger partial charge in [0.15, 0.2) is 18.1 Å². The number of benzene rings is 3. The molecule has 0 saturated carbocycles. The van der Waals surface area contributed by atoms with E-state index in [-0.39, 0.29) is 19.3 Å². The van der Waals surface area contributed by atoms with Gasteiger partial charge in [0.1, 0.15) is 0 Å². The molecule has 1 aliphatic heterocycles. The van der Waals surface area contributed by atoms with Crippen LogP contribution in [0.25, 0.3) is 34.0 Å². The number of fused-ring (bicyclic) bond motifs is 3. The molecule has 0 radical (unpaired) electrons. The number of nitrogens with zero attached hydrogens (tertiary/aromatic N) is 3. The number of ether oxygens (including phenoxy) is 3. The molecule has 2 aliphatic rings. The van der Waals surface area contributed by atoms with Crippen LogP contribution in [-0.2, 0) is 17.8 Å². The van der Waals surface area contributed by atoms with Crippen LogP contribution in [0.1, 0.15) is 45.9 Å². The van der Waals surface area contributed by atoms with Gasteiger partial charge in [0.05, 0.1) is 16.8 Å². The lowest BCUT2D eigenvalue weighted by atomic mass is 9.86. The zero-order valence-electron chi connectivity index (χ0n) is 20.9. The largest absolute Gasteiger partial charge is 0.454 e. The first-order valence-electron chi connectivity index (χ1n) is 12.8. The van der Waals surface area contributed by atoms with Gasteiger partial charge < -0.3 is 18.6 Å². The molecule has 192 valence electrons. The fraction of sp³-hybridized carbons (Fsp3) is 0.161. The number of hydrogen-bond acceptors (Lipinski definition) is 8. The molecule has 0 amide bonds. The summed E-state index contributed by atoms with van der Waals surface area (Å²) in [7, 11) is 0. The van der Waals surface area contributed by atoms with Crippen molar-refractivity contribution in [3.63, 3.8) is 0 Å². The van der Waals surface area contributed by atoms with E-state index < -0.39 is 5.97 Å². The lowest BCUT2D eigenvalue weighted by molar-refractivity contribution is 0.0439. The first kappa shape index (κ1) is 23.2. The highest BCUT2D eigenvalue weighted by molar-refractivity contribution is 6.06. The summed E-state index contributed by atoms with van der Waals surface area (Å²) in [4.78, 5) is 18.6. The Morgan fingerprint density at radius 3 is 2.69 bits per heavy atom. The maximum absolute atomic E-state index is 13.6. The second kappa shape index (κ2) is 9.72. The van der Waals surface area contributed by atoms with Crippen molar-refractivity contribution in [2.24, 2.45) is 0 Å². The monoisotopic (exact) mass is 517 g/mol. The highest BCUT2D eigenvalue weighted by Crippen LogP contribution is 2.38. The number of allylic oxidation sites excluding steroid dienone is 1. The number of carbonyl (C=O) groups excluding carboxylic acids is 1. The fourth-order valence-electron chi connectivity index (χ4n) is 5.12. The Bertz CT molecular complexity index is 1740. The van der Waals surface area contributed by atoms with E-state index in [2.05, 4.69) is 16.3 Å². The van der Waals surface area contributed by atoms with Gasteiger partial charge in [0.25, 0.3) is 5.89 Å². The van der Waals surface area contributed by atoms with E-state index in [1.807, 2.05) is 72.8 Å². The molecule has 0 atom stereocenters. The highest BCUT2D eigenvalue weighted by Gasteiger charge is 2.26. The third-order valence-corrected chi connectivity index (χ3v) is 6.93. The second-order valence-electron chi connectivity index (χ2n) is 9.41. The first-order valence-corrected chi connectivity index (χ1v) is 12.8. The lowest BCUT2D eigenvalue weighted by Gasteiger charge is -2.22. The summed E-state index contributed by atoms with van der Waals surface area (Å²) in [5, 5.41) is 8.91. The molecule has 8 heteroatoms. The van der Waals surface area contributed by atoms with Crippen molar-refractivity contribution in [3.05, 3.63) is 101 Å². The van der Waals surface area contributed by atoms with Crippen LogP contribution in [0, 0.1) is 0 Å². The van der Waals surface area contributed by atoms with Crippen LogP contribution < -0.4 is 9.47 Å². The summed E-state index contributed by atoms with van der Waals surface area (Å²) in [6, 6.07) is 23.0. The minimum absolute atomic E-state index is 0.121. The molecule has 3 heterocycles. The van der Waals surface area contributed by atoms with Crippen molar-refractivity contribution >= 4 is 28.5 Å². The van der Waals surface area contributed by atoms with E-state index in [4.69, 9.17) is 23.6 Å². The summed E-state index contributed by atoms with van der Waals surface area (Å²) in [6.45, 7) is 0.109. The Kier molecular flexibility index (Phi) is 5.77. The standard InChI is InChI=1S/C31H23N3O5/c35-31(36-17-27-33-34-30(39-27)20-7-2-1-3-8-20)28-22-10-4-5-12-24(22)32-29-21(9-6-11-23(28)29)15-19-13-14-25-26(16-19)38-18-37-25/h1-5,7-8,10,12-16H,6,9,11,17-18H2/b21-15+. The van der Waals surface area contributed by atoms with Crippen molar-refractivity contribution in [2.75, 3.05) is 6.79 Å². The first-order chi connectivity index (χ1) is 19.2. The van der Waals surface area contributed by atoms with Gasteiger partial charge in [-0.15, -0.1) is 10.2 Å². The van der Waals surface area contributed by atoms with Crippen molar-refractivity contribution in [2.45, 2.75) is 25.9 Å². The molecule has 0 saturated heterocycles. The van der Waals surface area contributed by atoms with Gasteiger partial charge in [-0.25, -0.2) is 9.78 Å². The SMILES string of the molecule is O=C(OCc1nnc(-c2ccccc2)o1)c1c2c(nc3ccccc13)/C(=C/c1ccc3c(c1)OCO3)CCC2. The predicted molar refractivity (Wildman–Crippen MR) is 144 cm³/mol. The Hall–Kier alpha value is -4.98. The minimum atomic E-state index is -0.436. The predicted octanol–water partition coefficient (Wildman–Crippen LogP) is 6.25. The van der Waals surface area contributed by atoms with Crippen LogP contribution in [0.5, 0.6) is 11.5 Å². The summed E-state index contributed by atoms with van der Waals surface area (Å²) in [6.07, 6.45) is 4.59. The smallest absolute Gasteiger partial charge is 0.339 e. The van der Waals surface area contributed by atoms with Gasteiger partial charge in [0.2, 0.25) is 12.7 Å². The number of aromatic nitrogens is 3. The van der Waals surface area contributed by atoms with Crippen molar-refractivity contribution < 1.29 is 23.4 Å². The maximum Gasteiger partial charge on any atom is 0.339 e. The molecule has 5 aromatic rings. The van der Waals surface area contributed by atoms with Crippen molar-refractivity contribution in [1.29, 1.82) is 0 Å². The number of hydrogen-bond donors (Lipinski definition) is 0. The van der Waals surface area contributed by atoms with Crippen LogP contribution in [0.3, 0.4) is 0 Å². The lowest BCUT2D eigenvalue weighted by Crippen LogP contribution is -2.15. The highest BCUT2D eigenvalue weighted by atomic mass is 16.7. The van der Waals surface area contributed by atoms with Crippen LogP contribution >= 0.6 is 0 Å². The third kappa shape index (κ3) is 4.40. The molecule has 39 heavy (non-hydrogen) atoms. The molecule has 0 N–H and O–H groups in total. The molecule has 3 aromatic carbocycles. The molecule has 7 rings (SSSR count). The van der Waals surface area contributed by atoms with E-state index >= 15 is 0 Å². The van der Waals surface area contributed by atoms with Crippen LogP contribution in [-0.4, -0.2) is 27.9 Å². The topological polar surface area (TPSA) is 96.6 Å². The number of pyridine rings is 1. The summed E-state index contributed by atoms with van der Waals surface area (Å²) in [5.74, 6) is 1.65. The van der Waals surface area contributed by atoms with Gasteiger partial charge in [-0.3, -0.25) is 0 Å². The number of para-hydroxylation sites is 1. The Labute approximate surface area is 223 Å². The average molecular weight is 518 g/mol. The van der Waals surface area contributed by atoms with E-state index in [1.54, 1.807) is 0 Å². The molecule has 0 spiro atoms. The zero-order valence-corrected chi connectivity index (χ0v) is 20.9. The molecule has 1 aliphatic carbocycles. The number of esters is 1. The number of carbonyl (C=O) groups is 1. The van der Waals surface area contributed by atoms with Gasteiger partial charge in [0, 0.05) is 10.9 Å². The molecule has 0 fully saturated rings. The molecule has 2 aromatic heterocycles. The van der Waals surface area contributed by atoms with Crippen LogP contribution in [0.15, 0.2) is 77.2 Å². The number of rotatable bonds is 5. The van der Waals surface area contributed by atoms with Crippen molar-refractivity contribution in [1.82, 2.24) is 15.2 Å². The van der Waals surface area contributed by atoms with Crippen LogP contribution in [0.4, 0.5) is 0 Å². The van der Waals surface area contributed by atoms with E-state index in [0.29, 0.717) is 11.5 Å². The Balaban J connectivity index is 1.22. The summed E-state index contributed by atoms with van der Waals surface area (Å²) < 4.78 is 22.5. The third-order valence-electron chi connectivity index (χ3n) is 6.93. The quantitative estimate of drug-likeness (QED) is 0.253. The molecular formula is C31H23N3O5. The van der Waals surface area contributed by atoms with Crippen LogP contribution in [0.2, 0.25) is 0 Å².